The van der Waals surface area contributed by atoms with Crippen molar-refractivity contribution in [3.63, 3.8) is 0 Å². The Morgan fingerprint density at radius 3 is 2.59 bits per heavy atom. The zero-order valence-electron chi connectivity index (χ0n) is 18.4. The Kier molecular flexibility index (Phi) is 6.55. The van der Waals surface area contributed by atoms with Gasteiger partial charge in [-0.05, 0) is 64.9 Å². The number of hydrogen-bond donors (Lipinski definition) is 1. The molecule has 1 aliphatic heterocycles. The predicted octanol–water partition coefficient (Wildman–Crippen LogP) is 4.57. The quantitative estimate of drug-likeness (QED) is 0.805. The number of aryl methyl sites for hydroxylation is 1. The van der Waals surface area contributed by atoms with Crippen molar-refractivity contribution in [1.29, 1.82) is 0 Å². The van der Waals surface area contributed by atoms with E-state index in [1.807, 2.05) is 20.8 Å². The van der Waals surface area contributed by atoms with Gasteiger partial charge < -0.3 is 15.0 Å². The highest BCUT2D eigenvalue weighted by Crippen LogP contribution is 2.41. The molecular weight excluding hydrogens is 364 g/mol. The first-order valence-electron chi connectivity index (χ1n) is 11.0. The van der Waals surface area contributed by atoms with Crippen molar-refractivity contribution in [3.8, 4) is 0 Å². The molecule has 1 saturated carbocycles. The molecule has 0 spiro atoms. The molecule has 5 heteroatoms. The van der Waals surface area contributed by atoms with E-state index >= 15 is 0 Å². The summed E-state index contributed by atoms with van der Waals surface area (Å²) < 4.78 is 5.52. The van der Waals surface area contributed by atoms with Gasteiger partial charge in [-0.1, -0.05) is 42.7 Å². The fourth-order valence-corrected chi connectivity index (χ4v) is 4.70. The van der Waals surface area contributed by atoms with Crippen molar-refractivity contribution in [3.05, 3.63) is 35.4 Å². The number of piperidine rings is 1. The van der Waals surface area contributed by atoms with Crippen LogP contribution in [0.1, 0.15) is 70.4 Å². The van der Waals surface area contributed by atoms with E-state index in [9.17, 15) is 9.59 Å². The average Bonchev–Trinajstić information content (AvgIpc) is 3.16. The van der Waals surface area contributed by atoms with Crippen LogP contribution in [0, 0.1) is 12.8 Å². The number of ether oxygens (including phenoxy) is 1. The van der Waals surface area contributed by atoms with Gasteiger partial charge in [-0.2, -0.15) is 0 Å². The maximum atomic E-state index is 13.3. The molecular formula is C24H36N2O3. The van der Waals surface area contributed by atoms with Crippen molar-refractivity contribution in [2.45, 2.75) is 77.2 Å². The van der Waals surface area contributed by atoms with Crippen LogP contribution in [0.25, 0.3) is 0 Å². The first-order chi connectivity index (χ1) is 13.7. The van der Waals surface area contributed by atoms with Crippen LogP contribution in [0.5, 0.6) is 0 Å². The first kappa shape index (κ1) is 21.7. The van der Waals surface area contributed by atoms with Crippen LogP contribution in [0.2, 0.25) is 0 Å². The third kappa shape index (κ3) is 5.31. The summed E-state index contributed by atoms with van der Waals surface area (Å²) in [5, 5.41) is 3.24. The zero-order chi connectivity index (χ0) is 21.1. The molecule has 29 heavy (non-hydrogen) atoms. The van der Waals surface area contributed by atoms with E-state index in [0.29, 0.717) is 13.1 Å². The zero-order valence-corrected chi connectivity index (χ0v) is 18.4. The Hall–Kier alpha value is -2.04. The topological polar surface area (TPSA) is 58.6 Å². The lowest BCUT2D eigenvalue weighted by Crippen LogP contribution is -2.48. The van der Waals surface area contributed by atoms with Crippen LogP contribution in [-0.2, 0) is 14.9 Å². The van der Waals surface area contributed by atoms with Gasteiger partial charge in [-0.15, -0.1) is 0 Å². The minimum Gasteiger partial charge on any atom is -0.444 e. The highest BCUT2D eigenvalue weighted by atomic mass is 16.6. The van der Waals surface area contributed by atoms with Gasteiger partial charge in [-0.3, -0.25) is 4.79 Å². The summed E-state index contributed by atoms with van der Waals surface area (Å²) in [6.45, 7) is 9.74. The number of benzene rings is 1. The summed E-state index contributed by atoms with van der Waals surface area (Å²) >= 11 is 0. The monoisotopic (exact) mass is 400 g/mol. The van der Waals surface area contributed by atoms with E-state index in [1.165, 1.54) is 5.56 Å². The molecule has 0 radical (unpaired) electrons. The van der Waals surface area contributed by atoms with E-state index in [0.717, 1.165) is 50.6 Å². The summed E-state index contributed by atoms with van der Waals surface area (Å²) in [5.41, 5.74) is 1.46. The second-order valence-electron chi connectivity index (χ2n) is 9.80. The number of carbonyl (C=O) groups is 2. The van der Waals surface area contributed by atoms with Crippen LogP contribution in [0.15, 0.2) is 24.3 Å². The average molecular weight is 401 g/mol. The maximum Gasteiger partial charge on any atom is 0.410 e. The van der Waals surface area contributed by atoms with Crippen LogP contribution in [0.3, 0.4) is 0 Å². The van der Waals surface area contributed by atoms with Gasteiger partial charge in [-0.25, -0.2) is 4.79 Å². The van der Waals surface area contributed by atoms with Gasteiger partial charge in [0.2, 0.25) is 5.91 Å². The highest BCUT2D eigenvalue weighted by molar-refractivity contribution is 5.88. The molecule has 1 heterocycles. The van der Waals surface area contributed by atoms with Crippen molar-refractivity contribution in [2.24, 2.45) is 5.92 Å². The Morgan fingerprint density at radius 1 is 1.21 bits per heavy atom. The Balaban J connectivity index is 1.61. The SMILES string of the molecule is Cc1cccc(C2(C(=O)NCC3CCCN(C(=O)OC(C)(C)C)C3)CCCC2)c1. The molecule has 1 unspecified atom stereocenters. The smallest absolute Gasteiger partial charge is 0.410 e. The largest absolute Gasteiger partial charge is 0.444 e. The molecule has 1 aromatic carbocycles. The fourth-order valence-electron chi connectivity index (χ4n) is 4.70. The molecule has 5 nitrogen and oxygen atoms in total. The molecule has 160 valence electrons. The molecule has 2 fully saturated rings. The number of nitrogens with one attached hydrogen (secondary N) is 1. The molecule has 1 N–H and O–H groups in total. The maximum absolute atomic E-state index is 13.3. The number of nitrogens with zero attached hydrogens (tertiary/aromatic N) is 1. The highest BCUT2D eigenvalue weighted by Gasteiger charge is 2.42. The molecule has 1 atom stereocenters. The summed E-state index contributed by atoms with van der Waals surface area (Å²) in [7, 11) is 0. The number of likely N-dealkylation sites (tertiary alicyclic amines) is 1. The second kappa shape index (κ2) is 8.76. The van der Waals surface area contributed by atoms with E-state index in [2.05, 4.69) is 36.5 Å². The molecule has 1 aliphatic carbocycles. The third-order valence-corrected chi connectivity index (χ3v) is 6.18. The van der Waals surface area contributed by atoms with Gasteiger partial charge in [0.25, 0.3) is 0 Å². The standard InChI is InChI=1S/C24H36N2O3/c1-18-9-7-11-20(15-18)24(12-5-6-13-24)21(27)25-16-19-10-8-14-26(17-19)22(28)29-23(2,3)4/h7,9,11,15,19H,5-6,8,10,12-14,16-17H2,1-4H3,(H,25,27). The summed E-state index contributed by atoms with van der Waals surface area (Å²) in [6.07, 6.45) is 5.74. The van der Waals surface area contributed by atoms with Crippen molar-refractivity contribution in [2.75, 3.05) is 19.6 Å². The summed E-state index contributed by atoms with van der Waals surface area (Å²) in [6, 6.07) is 8.40. The van der Waals surface area contributed by atoms with Gasteiger partial charge in [0, 0.05) is 19.6 Å². The number of amides is 2. The van der Waals surface area contributed by atoms with Crippen LogP contribution in [-0.4, -0.2) is 42.1 Å². The molecule has 0 bridgehead atoms. The second-order valence-corrected chi connectivity index (χ2v) is 9.80. The number of hydrogen-bond acceptors (Lipinski definition) is 3. The third-order valence-electron chi connectivity index (χ3n) is 6.18. The lowest BCUT2D eigenvalue weighted by molar-refractivity contribution is -0.126. The summed E-state index contributed by atoms with van der Waals surface area (Å²) in [4.78, 5) is 27.5. The van der Waals surface area contributed by atoms with Crippen LogP contribution >= 0.6 is 0 Å². The van der Waals surface area contributed by atoms with Crippen LogP contribution in [0.4, 0.5) is 4.79 Å². The molecule has 1 aromatic rings. The Bertz CT molecular complexity index is 732. The minimum absolute atomic E-state index is 0.148. The summed E-state index contributed by atoms with van der Waals surface area (Å²) in [5.74, 6) is 0.422. The number of rotatable bonds is 4. The first-order valence-corrected chi connectivity index (χ1v) is 11.0. The van der Waals surface area contributed by atoms with E-state index in [1.54, 1.807) is 4.90 Å². The van der Waals surface area contributed by atoms with Crippen molar-refractivity contribution < 1.29 is 14.3 Å². The number of carbonyl (C=O) groups excluding carboxylic acids is 2. The molecule has 3 rings (SSSR count). The van der Waals surface area contributed by atoms with Gasteiger partial charge >= 0.3 is 6.09 Å². The molecule has 0 aromatic heterocycles. The molecule has 2 aliphatic rings. The van der Waals surface area contributed by atoms with Gasteiger partial charge in [0.15, 0.2) is 0 Å². The normalized spacial score (nSPS) is 21.7. The van der Waals surface area contributed by atoms with Crippen molar-refractivity contribution in [1.82, 2.24) is 10.2 Å². The van der Waals surface area contributed by atoms with Gasteiger partial charge in [0.1, 0.15) is 5.60 Å². The lowest BCUT2D eigenvalue weighted by Gasteiger charge is -2.35. The fraction of sp³-hybridized carbons (Fsp3) is 0.667. The Morgan fingerprint density at radius 2 is 1.93 bits per heavy atom. The predicted molar refractivity (Wildman–Crippen MR) is 115 cm³/mol. The van der Waals surface area contributed by atoms with E-state index in [-0.39, 0.29) is 17.9 Å². The minimum atomic E-state index is -0.485. The molecule has 1 saturated heterocycles. The van der Waals surface area contributed by atoms with Crippen molar-refractivity contribution >= 4 is 12.0 Å². The molecule has 2 amide bonds. The van der Waals surface area contributed by atoms with Crippen LogP contribution < -0.4 is 5.32 Å². The Labute approximate surface area is 175 Å². The van der Waals surface area contributed by atoms with Gasteiger partial charge in [0.05, 0.1) is 5.41 Å². The van der Waals surface area contributed by atoms with E-state index < -0.39 is 11.0 Å². The lowest BCUT2D eigenvalue weighted by atomic mass is 9.77. The van der Waals surface area contributed by atoms with E-state index in [4.69, 9.17) is 4.74 Å².